The Morgan fingerprint density at radius 3 is 0.812 bits per heavy atom. The molecule has 0 aliphatic rings. The summed E-state index contributed by atoms with van der Waals surface area (Å²) >= 11 is 0. The Hall–Kier alpha value is 0.310. The number of nitrogens with zero attached hydrogens (tertiary/aromatic N) is 3. The van der Waals surface area contributed by atoms with Crippen molar-refractivity contribution in [1.82, 2.24) is 0 Å². The summed E-state index contributed by atoms with van der Waals surface area (Å²) < 4.78 is 3.27. The van der Waals surface area contributed by atoms with Crippen LogP contribution in [0.5, 0.6) is 0 Å². The molecule has 0 radical (unpaired) electrons. The van der Waals surface area contributed by atoms with E-state index in [2.05, 4.69) is 63.4 Å². The van der Waals surface area contributed by atoms with Crippen LogP contribution in [0.1, 0.15) is 0 Å². The van der Waals surface area contributed by atoms with Crippen molar-refractivity contribution in [1.29, 1.82) is 0 Å². The molecule has 0 spiro atoms. The van der Waals surface area contributed by atoms with Gasteiger partial charge in [0.25, 0.3) is 0 Å². The zero-order chi connectivity index (χ0) is 13.2. The van der Waals surface area contributed by atoms with Crippen LogP contribution in [0.2, 0.25) is 0 Å². The maximum Gasteiger partial charge on any atom is 0.107 e. The van der Waals surface area contributed by atoms with Gasteiger partial charge in [-0.05, 0) is 0 Å². The molecule has 0 bridgehead atoms. The fourth-order valence-corrected chi connectivity index (χ4v) is 5.80. The third kappa shape index (κ3) is 10.8. The van der Waals surface area contributed by atoms with E-state index in [4.69, 9.17) is 0 Å². The zero-order valence-corrected chi connectivity index (χ0v) is 13.8. The van der Waals surface area contributed by atoms with Crippen molar-refractivity contribution in [3.63, 3.8) is 0 Å². The van der Waals surface area contributed by atoms with Gasteiger partial charge in [-0.2, -0.15) is 0 Å². The standard InChI is InChI=1S/C12H33N3P/c1-13(2,3)10-16(11-14(4,5)6)12-15(7,8)9/h10-12H2,1-9H3/q+3. The highest BCUT2D eigenvalue weighted by atomic mass is 31.1. The minimum absolute atomic E-state index is 0.0918. The average Bonchev–Trinajstić information content (AvgIpc) is 1.70. The molecule has 4 heteroatoms. The van der Waals surface area contributed by atoms with Crippen molar-refractivity contribution in [3.05, 3.63) is 0 Å². The van der Waals surface area contributed by atoms with Crippen LogP contribution in [0, 0.1) is 0 Å². The van der Waals surface area contributed by atoms with Crippen molar-refractivity contribution < 1.29 is 13.4 Å². The van der Waals surface area contributed by atoms with Crippen LogP contribution in [0.3, 0.4) is 0 Å². The van der Waals surface area contributed by atoms with Crippen LogP contribution in [0.4, 0.5) is 0 Å². The van der Waals surface area contributed by atoms with E-state index in [1.54, 1.807) is 0 Å². The van der Waals surface area contributed by atoms with Crippen LogP contribution < -0.4 is 0 Å². The third-order valence-electron chi connectivity index (χ3n) is 1.87. The molecule has 0 heterocycles. The van der Waals surface area contributed by atoms with Crippen LogP contribution in [-0.4, -0.2) is 95.7 Å². The second-order valence-electron chi connectivity index (χ2n) is 7.97. The number of hydrogen-bond acceptors (Lipinski definition) is 0. The Morgan fingerprint density at radius 2 is 0.688 bits per heavy atom. The largest absolute Gasteiger partial charge is 0.327 e. The van der Waals surface area contributed by atoms with Crippen LogP contribution in [0.15, 0.2) is 0 Å². The first kappa shape index (κ1) is 16.3. The van der Waals surface area contributed by atoms with E-state index in [-0.39, 0.29) is 7.92 Å². The van der Waals surface area contributed by atoms with Gasteiger partial charge < -0.3 is 13.4 Å². The molecule has 0 fully saturated rings. The zero-order valence-electron chi connectivity index (χ0n) is 12.9. The Labute approximate surface area is 104 Å². The molecule has 0 unspecified atom stereocenters. The second kappa shape index (κ2) is 5.30. The SMILES string of the molecule is C[N+](C)(C)CP(C[N+](C)(C)C)C[N+](C)(C)C. The van der Waals surface area contributed by atoms with E-state index in [1.807, 2.05) is 0 Å². The van der Waals surface area contributed by atoms with Crippen LogP contribution in [-0.2, 0) is 0 Å². The van der Waals surface area contributed by atoms with E-state index in [9.17, 15) is 0 Å². The molecule has 0 aliphatic carbocycles. The van der Waals surface area contributed by atoms with E-state index in [0.29, 0.717) is 0 Å². The lowest BCUT2D eigenvalue weighted by Gasteiger charge is -2.36. The predicted octanol–water partition coefficient (Wildman–Crippen LogP) is 1.46. The van der Waals surface area contributed by atoms with Gasteiger partial charge in [-0.1, -0.05) is 0 Å². The third-order valence-corrected chi connectivity index (χ3v) is 5.62. The highest BCUT2D eigenvalue weighted by Crippen LogP contribution is 2.40. The number of rotatable bonds is 6. The van der Waals surface area contributed by atoms with Gasteiger partial charge in [-0.15, -0.1) is 0 Å². The summed E-state index contributed by atoms with van der Waals surface area (Å²) in [6, 6.07) is 0. The van der Waals surface area contributed by atoms with Gasteiger partial charge in [0.05, 0.1) is 71.4 Å². The summed E-state index contributed by atoms with van der Waals surface area (Å²) in [5.41, 5.74) is 0. The molecule has 16 heavy (non-hydrogen) atoms. The minimum Gasteiger partial charge on any atom is -0.327 e. The topological polar surface area (TPSA) is 0 Å². The minimum atomic E-state index is 0.0918. The summed E-state index contributed by atoms with van der Waals surface area (Å²) in [5.74, 6) is 0. The molecule has 0 rings (SSSR count). The van der Waals surface area contributed by atoms with Gasteiger partial charge in [-0.3, -0.25) is 0 Å². The molecule has 0 aromatic heterocycles. The van der Waals surface area contributed by atoms with Crippen molar-refractivity contribution in [2.75, 3.05) is 82.3 Å². The monoisotopic (exact) mass is 250 g/mol. The van der Waals surface area contributed by atoms with Crippen LogP contribution in [0.25, 0.3) is 0 Å². The maximum absolute atomic E-state index is 2.31. The van der Waals surface area contributed by atoms with Crippen molar-refractivity contribution in [2.45, 2.75) is 0 Å². The fourth-order valence-electron chi connectivity index (χ4n) is 1.93. The lowest BCUT2D eigenvalue weighted by atomic mass is 10.7. The molecule has 0 aliphatic heterocycles. The first-order valence-electron chi connectivity index (χ1n) is 5.92. The molecule has 0 aromatic carbocycles. The molecule has 0 aromatic rings. The Balaban J connectivity index is 4.53. The van der Waals surface area contributed by atoms with E-state index in [0.717, 1.165) is 13.4 Å². The molecule has 3 nitrogen and oxygen atoms in total. The highest BCUT2D eigenvalue weighted by Gasteiger charge is 2.28. The normalized spacial score (nSPS) is 14.6. The first-order chi connectivity index (χ1) is 6.79. The number of hydrogen-bond donors (Lipinski definition) is 0. The Morgan fingerprint density at radius 1 is 0.500 bits per heavy atom. The molecule has 0 saturated carbocycles. The average molecular weight is 250 g/mol. The molecular formula is C12H33N3P+3. The van der Waals surface area contributed by atoms with Gasteiger partial charge >= 0.3 is 0 Å². The fraction of sp³-hybridized carbons (Fsp3) is 1.00. The van der Waals surface area contributed by atoms with Crippen LogP contribution >= 0.6 is 7.92 Å². The quantitative estimate of drug-likeness (QED) is 0.494. The van der Waals surface area contributed by atoms with E-state index < -0.39 is 0 Å². The second-order valence-corrected chi connectivity index (χ2v) is 10.2. The van der Waals surface area contributed by atoms with E-state index >= 15 is 0 Å². The summed E-state index contributed by atoms with van der Waals surface area (Å²) in [6.07, 6.45) is 3.96. The predicted molar refractivity (Wildman–Crippen MR) is 75.6 cm³/mol. The first-order valence-corrected chi connectivity index (χ1v) is 7.82. The maximum atomic E-state index is 2.31. The lowest BCUT2D eigenvalue weighted by molar-refractivity contribution is -0.874. The van der Waals surface area contributed by atoms with Gasteiger partial charge in [0.2, 0.25) is 0 Å². The van der Waals surface area contributed by atoms with Crippen molar-refractivity contribution in [2.24, 2.45) is 0 Å². The molecule has 0 atom stereocenters. The number of quaternary nitrogens is 3. The van der Waals surface area contributed by atoms with Crippen molar-refractivity contribution in [3.8, 4) is 0 Å². The summed E-state index contributed by atoms with van der Waals surface area (Å²) in [6.45, 7) is 0. The summed E-state index contributed by atoms with van der Waals surface area (Å²) in [7, 11) is 20.8. The Kier molecular flexibility index (Phi) is 5.41. The molecular weight excluding hydrogens is 217 g/mol. The van der Waals surface area contributed by atoms with Gasteiger partial charge in [0.15, 0.2) is 0 Å². The van der Waals surface area contributed by atoms with E-state index in [1.165, 1.54) is 18.9 Å². The summed E-state index contributed by atoms with van der Waals surface area (Å²) in [4.78, 5) is 0. The smallest absolute Gasteiger partial charge is 0.107 e. The van der Waals surface area contributed by atoms with Gasteiger partial charge in [0.1, 0.15) is 18.9 Å². The highest BCUT2D eigenvalue weighted by molar-refractivity contribution is 7.56. The molecule has 0 N–H and O–H groups in total. The van der Waals surface area contributed by atoms with Crippen molar-refractivity contribution >= 4 is 7.92 Å². The molecule has 0 saturated heterocycles. The summed E-state index contributed by atoms with van der Waals surface area (Å²) in [5, 5.41) is 0. The molecule has 98 valence electrons. The molecule has 0 amide bonds. The van der Waals surface area contributed by atoms with Gasteiger partial charge in [-0.25, -0.2) is 0 Å². The lowest BCUT2D eigenvalue weighted by Crippen LogP contribution is -2.44. The Bertz CT molecular complexity index is 170. The van der Waals surface area contributed by atoms with Gasteiger partial charge in [0, 0.05) is 0 Å².